The van der Waals surface area contributed by atoms with Crippen LogP contribution in [0.15, 0.2) is 18.5 Å². The topological polar surface area (TPSA) is 50.4 Å². The van der Waals surface area contributed by atoms with Crippen molar-refractivity contribution in [3.8, 4) is 11.5 Å². The molecule has 0 bridgehead atoms. The number of imidazole rings is 1. The molecular weight excluding hydrogens is 266 g/mol. The molecule has 21 heavy (non-hydrogen) atoms. The Morgan fingerprint density at radius 1 is 1.19 bits per heavy atom. The summed E-state index contributed by atoms with van der Waals surface area (Å²) in [4.78, 5) is 9.94. The van der Waals surface area contributed by atoms with Gasteiger partial charge in [-0.05, 0) is 36.6 Å². The van der Waals surface area contributed by atoms with E-state index in [1.165, 1.54) is 11.1 Å². The third kappa shape index (κ3) is 2.74. The lowest BCUT2D eigenvalue weighted by molar-refractivity contribution is 0.241. The summed E-state index contributed by atoms with van der Waals surface area (Å²) in [5, 5.41) is 0. The van der Waals surface area contributed by atoms with E-state index in [0.29, 0.717) is 0 Å². The van der Waals surface area contributed by atoms with Crippen molar-refractivity contribution >= 4 is 0 Å². The van der Waals surface area contributed by atoms with Gasteiger partial charge in [-0.1, -0.05) is 0 Å². The number of hydrogen-bond acceptors (Lipinski definition) is 4. The van der Waals surface area contributed by atoms with Gasteiger partial charge in [0.15, 0.2) is 11.5 Å². The molecule has 1 N–H and O–H groups in total. The van der Waals surface area contributed by atoms with Crippen molar-refractivity contribution in [3.63, 3.8) is 0 Å². The number of rotatable bonds is 4. The second-order valence-electron chi connectivity index (χ2n) is 5.41. The molecule has 0 amide bonds. The van der Waals surface area contributed by atoms with Crippen molar-refractivity contribution < 1.29 is 9.47 Å². The highest BCUT2D eigenvalue weighted by Crippen LogP contribution is 2.33. The van der Waals surface area contributed by atoms with Crippen LogP contribution in [-0.2, 0) is 19.5 Å². The summed E-state index contributed by atoms with van der Waals surface area (Å²) in [5.41, 5.74) is 4.93. The Labute approximate surface area is 124 Å². The maximum Gasteiger partial charge on any atom is 0.161 e. The Morgan fingerprint density at radius 3 is 2.52 bits per heavy atom. The SMILES string of the molecule is COc1cc2c(cc1OC)CN(Cc1nc[nH]c1C)CC2. The van der Waals surface area contributed by atoms with Crippen LogP contribution < -0.4 is 9.47 Å². The number of aromatic nitrogens is 2. The van der Waals surface area contributed by atoms with Crippen molar-refractivity contribution in [1.29, 1.82) is 0 Å². The molecule has 3 rings (SSSR count). The molecular formula is C16H21N3O2. The van der Waals surface area contributed by atoms with Gasteiger partial charge >= 0.3 is 0 Å². The number of fused-ring (bicyclic) bond motifs is 1. The van der Waals surface area contributed by atoms with Gasteiger partial charge in [0, 0.05) is 25.3 Å². The van der Waals surface area contributed by atoms with Gasteiger partial charge in [0.05, 0.1) is 26.2 Å². The van der Waals surface area contributed by atoms with E-state index in [9.17, 15) is 0 Å². The number of aromatic amines is 1. The molecule has 0 saturated heterocycles. The zero-order valence-corrected chi connectivity index (χ0v) is 12.8. The quantitative estimate of drug-likeness (QED) is 0.937. The fourth-order valence-corrected chi connectivity index (χ4v) is 2.83. The van der Waals surface area contributed by atoms with Gasteiger partial charge in [0.25, 0.3) is 0 Å². The summed E-state index contributed by atoms with van der Waals surface area (Å²) in [5.74, 6) is 1.61. The third-order valence-corrected chi connectivity index (χ3v) is 4.10. The van der Waals surface area contributed by atoms with Crippen LogP contribution >= 0.6 is 0 Å². The van der Waals surface area contributed by atoms with E-state index >= 15 is 0 Å². The van der Waals surface area contributed by atoms with Crippen LogP contribution in [0.3, 0.4) is 0 Å². The highest BCUT2D eigenvalue weighted by Gasteiger charge is 2.20. The predicted octanol–water partition coefficient (Wildman–Crippen LogP) is 2.29. The normalized spacial score (nSPS) is 14.8. The van der Waals surface area contributed by atoms with Crippen LogP contribution in [0.25, 0.3) is 0 Å². The number of ether oxygens (including phenoxy) is 2. The van der Waals surface area contributed by atoms with Crippen LogP contribution in [0.4, 0.5) is 0 Å². The minimum Gasteiger partial charge on any atom is -0.493 e. The summed E-state index contributed by atoms with van der Waals surface area (Å²) in [6.07, 6.45) is 2.79. The van der Waals surface area contributed by atoms with Crippen molar-refractivity contribution in [1.82, 2.24) is 14.9 Å². The molecule has 1 aromatic carbocycles. The summed E-state index contributed by atoms with van der Waals surface area (Å²) >= 11 is 0. The fraction of sp³-hybridized carbons (Fsp3) is 0.438. The van der Waals surface area contributed by atoms with Crippen molar-refractivity contribution in [3.05, 3.63) is 41.0 Å². The van der Waals surface area contributed by atoms with Gasteiger partial charge in [0.1, 0.15) is 0 Å². The van der Waals surface area contributed by atoms with E-state index in [1.54, 1.807) is 20.5 Å². The summed E-state index contributed by atoms with van der Waals surface area (Å²) in [6.45, 7) is 4.90. The number of nitrogens with one attached hydrogen (secondary N) is 1. The van der Waals surface area contributed by atoms with E-state index < -0.39 is 0 Å². The van der Waals surface area contributed by atoms with E-state index in [0.717, 1.165) is 48.9 Å². The smallest absolute Gasteiger partial charge is 0.161 e. The Bertz CT molecular complexity index is 636. The van der Waals surface area contributed by atoms with Gasteiger partial charge in [0.2, 0.25) is 0 Å². The highest BCUT2D eigenvalue weighted by atomic mass is 16.5. The van der Waals surface area contributed by atoms with Gasteiger partial charge in [-0.2, -0.15) is 0 Å². The lowest BCUT2D eigenvalue weighted by Crippen LogP contribution is -2.30. The van der Waals surface area contributed by atoms with Gasteiger partial charge in [-0.15, -0.1) is 0 Å². The first-order valence-electron chi connectivity index (χ1n) is 7.16. The molecule has 0 aliphatic carbocycles. The number of H-pyrrole nitrogens is 1. The highest BCUT2D eigenvalue weighted by molar-refractivity contribution is 5.48. The molecule has 1 aliphatic rings. The molecule has 5 nitrogen and oxygen atoms in total. The van der Waals surface area contributed by atoms with E-state index in [2.05, 4.69) is 33.9 Å². The van der Waals surface area contributed by atoms with Gasteiger partial charge < -0.3 is 14.5 Å². The van der Waals surface area contributed by atoms with Crippen LogP contribution in [0.2, 0.25) is 0 Å². The average molecular weight is 287 g/mol. The number of nitrogens with zero attached hydrogens (tertiary/aromatic N) is 2. The first-order chi connectivity index (χ1) is 10.2. The monoisotopic (exact) mass is 287 g/mol. The van der Waals surface area contributed by atoms with Crippen LogP contribution in [0.1, 0.15) is 22.5 Å². The molecule has 2 aromatic rings. The maximum absolute atomic E-state index is 5.40. The van der Waals surface area contributed by atoms with Crippen molar-refractivity contribution in [2.75, 3.05) is 20.8 Å². The molecule has 5 heteroatoms. The second kappa shape index (κ2) is 5.77. The first kappa shape index (κ1) is 13.9. The van der Waals surface area contributed by atoms with Gasteiger partial charge in [-0.3, -0.25) is 4.90 Å². The maximum atomic E-state index is 5.40. The molecule has 0 unspecified atom stereocenters. The minimum atomic E-state index is 0.800. The molecule has 0 saturated carbocycles. The lowest BCUT2D eigenvalue weighted by atomic mass is 9.98. The third-order valence-electron chi connectivity index (χ3n) is 4.10. The van der Waals surface area contributed by atoms with E-state index in [4.69, 9.17) is 9.47 Å². The fourth-order valence-electron chi connectivity index (χ4n) is 2.83. The molecule has 0 fully saturated rings. The Hall–Kier alpha value is -2.01. The number of methoxy groups -OCH3 is 2. The molecule has 0 atom stereocenters. The van der Waals surface area contributed by atoms with E-state index in [-0.39, 0.29) is 0 Å². The Kier molecular flexibility index (Phi) is 3.84. The molecule has 0 spiro atoms. The molecule has 1 aromatic heterocycles. The minimum absolute atomic E-state index is 0.800. The van der Waals surface area contributed by atoms with Crippen LogP contribution in [0, 0.1) is 6.92 Å². The number of benzene rings is 1. The first-order valence-corrected chi connectivity index (χ1v) is 7.16. The Balaban J connectivity index is 1.80. The lowest BCUT2D eigenvalue weighted by Gasteiger charge is -2.29. The Morgan fingerprint density at radius 2 is 1.90 bits per heavy atom. The molecule has 2 heterocycles. The average Bonchev–Trinajstić information content (AvgIpc) is 2.91. The zero-order chi connectivity index (χ0) is 14.8. The summed E-state index contributed by atoms with van der Waals surface area (Å²) in [7, 11) is 3.36. The molecule has 1 aliphatic heterocycles. The van der Waals surface area contributed by atoms with Crippen LogP contribution in [0.5, 0.6) is 11.5 Å². The number of hydrogen-bond donors (Lipinski definition) is 1. The summed E-state index contributed by atoms with van der Waals surface area (Å²) in [6, 6.07) is 4.20. The zero-order valence-electron chi connectivity index (χ0n) is 12.8. The number of aryl methyl sites for hydroxylation is 1. The second-order valence-corrected chi connectivity index (χ2v) is 5.41. The van der Waals surface area contributed by atoms with Crippen molar-refractivity contribution in [2.45, 2.75) is 26.4 Å². The van der Waals surface area contributed by atoms with Gasteiger partial charge in [-0.25, -0.2) is 4.98 Å². The van der Waals surface area contributed by atoms with Crippen molar-refractivity contribution in [2.24, 2.45) is 0 Å². The van der Waals surface area contributed by atoms with Crippen LogP contribution in [-0.4, -0.2) is 35.6 Å². The summed E-state index contributed by atoms with van der Waals surface area (Å²) < 4.78 is 10.8. The molecule has 112 valence electrons. The van der Waals surface area contributed by atoms with E-state index in [1.807, 2.05) is 0 Å². The largest absolute Gasteiger partial charge is 0.493 e. The standard InChI is InChI=1S/C16H21N3O2/c1-11-14(18-10-17-11)9-19-5-4-12-6-15(20-2)16(21-3)7-13(12)8-19/h6-7,10H,4-5,8-9H2,1-3H3,(H,17,18). The predicted molar refractivity (Wildman–Crippen MR) is 80.7 cm³/mol. The molecule has 0 radical (unpaired) electrons.